The number of rotatable bonds is 3. The summed E-state index contributed by atoms with van der Waals surface area (Å²) < 4.78 is 28.5. The monoisotopic (exact) mass is 348 g/mol. The molecule has 0 saturated heterocycles. The van der Waals surface area contributed by atoms with Gasteiger partial charge in [0.05, 0.1) is 4.90 Å². The van der Waals surface area contributed by atoms with Crippen molar-refractivity contribution in [2.75, 3.05) is 5.32 Å². The molecular weight excluding hydrogens is 334 g/mol. The van der Waals surface area contributed by atoms with Crippen molar-refractivity contribution < 1.29 is 13.2 Å². The van der Waals surface area contributed by atoms with Crippen molar-refractivity contribution in [2.24, 2.45) is 4.40 Å². The Morgan fingerprint density at radius 2 is 1.87 bits per heavy atom. The standard InChI is InChI=1S/C15H14N3O3S2/c1-9-10(2)22-15(14(9)8-16)18-23(20,21)13-6-4-12(5-7-13)17-11(3)19/h4-7H,1-3H3,(H,17,19)/q-1. The molecule has 6 nitrogen and oxygen atoms in total. The van der Waals surface area contributed by atoms with E-state index in [-0.39, 0.29) is 21.4 Å². The number of nitrogens with one attached hydrogen (secondary N) is 1. The van der Waals surface area contributed by atoms with E-state index in [4.69, 9.17) is 5.41 Å². The molecule has 1 aliphatic rings. The first-order valence-corrected chi connectivity index (χ1v) is 8.86. The van der Waals surface area contributed by atoms with E-state index in [1.54, 1.807) is 6.92 Å². The molecule has 1 aromatic rings. The summed E-state index contributed by atoms with van der Waals surface area (Å²) in [5.74, 6) is 1.75. The fourth-order valence-corrected chi connectivity index (χ4v) is 4.06. The lowest BCUT2D eigenvalue weighted by Crippen LogP contribution is -2.06. The summed E-state index contributed by atoms with van der Waals surface area (Å²) in [6.45, 7) is 4.94. The number of hydrogen-bond acceptors (Lipinski definition) is 4. The van der Waals surface area contributed by atoms with Crippen LogP contribution >= 0.6 is 11.8 Å². The average Bonchev–Trinajstić information content (AvgIpc) is 2.72. The topological polar surface area (TPSA) is 97.9 Å². The summed E-state index contributed by atoms with van der Waals surface area (Å²) in [6, 6.07) is 5.70. The van der Waals surface area contributed by atoms with E-state index in [0.29, 0.717) is 5.69 Å². The number of anilines is 1. The molecule has 0 radical (unpaired) electrons. The van der Waals surface area contributed by atoms with E-state index < -0.39 is 10.0 Å². The van der Waals surface area contributed by atoms with Crippen molar-refractivity contribution in [3.63, 3.8) is 0 Å². The fourth-order valence-electron chi connectivity index (χ4n) is 1.88. The number of carbonyl (C=O) groups is 1. The van der Waals surface area contributed by atoms with Crippen molar-refractivity contribution in [1.29, 1.82) is 0 Å². The third-order valence-corrected chi connectivity index (χ3v) is 5.66. The zero-order chi connectivity index (χ0) is 17.2. The third kappa shape index (κ3) is 3.79. The molecule has 0 bridgehead atoms. The van der Waals surface area contributed by atoms with Crippen LogP contribution in [0.4, 0.5) is 5.69 Å². The Morgan fingerprint density at radius 3 is 2.39 bits per heavy atom. The van der Waals surface area contributed by atoms with E-state index >= 15 is 0 Å². The minimum absolute atomic E-state index is 0.000743. The smallest absolute Gasteiger partial charge is 0.283 e. The Balaban J connectivity index is 2.35. The van der Waals surface area contributed by atoms with Crippen LogP contribution in [0.3, 0.4) is 0 Å². The molecule has 1 aromatic carbocycles. The highest BCUT2D eigenvalue weighted by Crippen LogP contribution is 2.37. The number of thioether (sulfide) groups is 1. The molecule has 1 heterocycles. The molecule has 120 valence electrons. The first-order valence-electron chi connectivity index (χ1n) is 6.60. The number of nitrogens with zero attached hydrogens (tertiary/aromatic N) is 2. The Labute approximate surface area is 139 Å². The Bertz CT molecular complexity index is 875. The van der Waals surface area contributed by atoms with Gasteiger partial charge in [0.25, 0.3) is 10.0 Å². The maximum absolute atomic E-state index is 12.4. The van der Waals surface area contributed by atoms with Crippen LogP contribution in [0.5, 0.6) is 0 Å². The van der Waals surface area contributed by atoms with Gasteiger partial charge in [-0.1, -0.05) is 11.8 Å². The lowest BCUT2D eigenvalue weighted by atomic mass is 10.1. The van der Waals surface area contributed by atoms with Crippen molar-refractivity contribution >= 4 is 44.3 Å². The third-order valence-electron chi connectivity index (χ3n) is 3.15. The van der Waals surface area contributed by atoms with Crippen LogP contribution < -0.4 is 5.32 Å². The molecule has 2 rings (SSSR count). The van der Waals surface area contributed by atoms with Gasteiger partial charge in [-0.3, -0.25) is 10.7 Å². The number of benzene rings is 1. The first kappa shape index (κ1) is 17.2. The normalized spacial score (nSPS) is 16.7. The molecule has 0 unspecified atom stereocenters. The minimum atomic E-state index is -3.92. The van der Waals surface area contributed by atoms with Crippen LogP contribution in [0.25, 0.3) is 5.41 Å². The molecule has 23 heavy (non-hydrogen) atoms. The van der Waals surface area contributed by atoms with Crippen molar-refractivity contribution in [3.8, 4) is 0 Å². The van der Waals surface area contributed by atoms with Crippen molar-refractivity contribution in [1.82, 2.24) is 0 Å². The number of allylic oxidation sites excluding steroid dienone is 2. The highest BCUT2D eigenvalue weighted by molar-refractivity contribution is 8.18. The van der Waals surface area contributed by atoms with Crippen LogP contribution in [0.15, 0.2) is 49.6 Å². The van der Waals surface area contributed by atoms with Gasteiger partial charge < -0.3 is 10.7 Å². The highest BCUT2D eigenvalue weighted by Gasteiger charge is 2.23. The van der Waals surface area contributed by atoms with Crippen LogP contribution in [0, 0.1) is 0 Å². The van der Waals surface area contributed by atoms with Crippen molar-refractivity contribution in [3.05, 3.63) is 45.7 Å². The zero-order valence-corrected chi connectivity index (χ0v) is 14.4. The summed E-state index contributed by atoms with van der Waals surface area (Å²) in [4.78, 5) is 11.8. The van der Waals surface area contributed by atoms with Gasteiger partial charge in [0, 0.05) is 18.2 Å². The summed E-state index contributed by atoms with van der Waals surface area (Å²) in [7, 11) is -3.92. The van der Waals surface area contributed by atoms with Gasteiger partial charge in [-0.05, 0) is 48.6 Å². The van der Waals surface area contributed by atoms with Gasteiger partial charge in [-0.25, -0.2) is 0 Å². The Morgan fingerprint density at radius 1 is 1.26 bits per heavy atom. The summed E-state index contributed by atoms with van der Waals surface area (Å²) in [5.41, 5.74) is 1.52. The van der Waals surface area contributed by atoms with Gasteiger partial charge in [0.15, 0.2) is 0 Å². The Hall–Kier alpha value is -2.15. The number of hydrogen-bond donors (Lipinski definition) is 1. The second-order valence-electron chi connectivity index (χ2n) is 4.85. The van der Waals surface area contributed by atoms with Crippen LogP contribution in [-0.4, -0.2) is 25.2 Å². The molecule has 0 aromatic heterocycles. The van der Waals surface area contributed by atoms with Crippen LogP contribution in [0.1, 0.15) is 20.8 Å². The Kier molecular flexibility index (Phi) is 4.89. The number of carbonyl (C=O) groups excluding carboxylic acids is 1. The van der Waals surface area contributed by atoms with E-state index in [0.717, 1.165) is 10.5 Å². The second-order valence-corrected chi connectivity index (χ2v) is 7.65. The molecule has 0 spiro atoms. The largest absolute Gasteiger partial charge is 0.763 e. The van der Waals surface area contributed by atoms with Crippen LogP contribution in [0.2, 0.25) is 0 Å². The van der Waals surface area contributed by atoms with Crippen molar-refractivity contribution in [2.45, 2.75) is 25.7 Å². The molecule has 8 heteroatoms. The predicted molar refractivity (Wildman–Crippen MR) is 93.2 cm³/mol. The van der Waals surface area contributed by atoms with Gasteiger partial charge in [0.2, 0.25) is 5.91 Å². The summed E-state index contributed by atoms with van der Waals surface area (Å²) in [5, 5.41) is 11.9. The fraction of sp³-hybridized carbons (Fsp3) is 0.200. The van der Waals surface area contributed by atoms with Gasteiger partial charge in [0.1, 0.15) is 5.04 Å². The molecule has 1 aliphatic heterocycles. The maximum Gasteiger partial charge on any atom is 0.283 e. The second kappa shape index (κ2) is 6.54. The van der Waals surface area contributed by atoms with E-state index in [9.17, 15) is 13.2 Å². The lowest BCUT2D eigenvalue weighted by molar-refractivity contribution is -0.114. The molecule has 0 atom stereocenters. The van der Waals surface area contributed by atoms with Crippen LogP contribution in [-0.2, 0) is 14.8 Å². The maximum atomic E-state index is 12.4. The number of amides is 1. The molecule has 1 amide bonds. The number of sulfonamides is 1. The summed E-state index contributed by atoms with van der Waals surface area (Å²) in [6.07, 6.45) is 0. The van der Waals surface area contributed by atoms with Gasteiger partial charge in [-0.15, -0.1) is 0 Å². The van der Waals surface area contributed by atoms with Gasteiger partial charge >= 0.3 is 0 Å². The average molecular weight is 348 g/mol. The first-order chi connectivity index (χ1) is 10.7. The van der Waals surface area contributed by atoms with E-state index in [1.807, 2.05) is 12.8 Å². The lowest BCUT2D eigenvalue weighted by Gasteiger charge is -2.05. The summed E-state index contributed by atoms with van der Waals surface area (Å²) >= 11 is 1.17. The molecule has 0 aliphatic carbocycles. The quantitative estimate of drug-likeness (QED) is 0.849. The van der Waals surface area contributed by atoms with E-state index in [1.165, 1.54) is 43.0 Å². The van der Waals surface area contributed by atoms with Gasteiger partial charge in [-0.2, -0.15) is 12.8 Å². The molecule has 0 fully saturated rings. The highest BCUT2D eigenvalue weighted by atomic mass is 32.2. The zero-order valence-electron chi connectivity index (χ0n) is 12.7. The minimum Gasteiger partial charge on any atom is -0.763 e. The SMILES string of the molecule is CC(=O)Nc1ccc(S(=O)(=O)N=C2SC(C)=C(C)C2=C=[N-])cc1. The predicted octanol–water partition coefficient (Wildman–Crippen LogP) is 2.94. The molecular formula is C15H14N3O3S2-. The van der Waals surface area contributed by atoms with E-state index in [2.05, 4.69) is 9.71 Å². The molecule has 1 N–H and O–H groups in total. The molecule has 0 saturated carbocycles.